The summed E-state index contributed by atoms with van der Waals surface area (Å²) in [5.41, 5.74) is 2.43. The van der Waals surface area contributed by atoms with Crippen LogP contribution in [0.3, 0.4) is 0 Å². The van der Waals surface area contributed by atoms with Crippen molar-refractivity contribution < 1.29 is 9.90 Å². The molecule has 0 saturated heterocycles. The van der Waals surface area contributed by atoms with E-state index in [9.17, 15) is 4.79 Å². The van der Waals surface area contributed by atoms with Gasteiger partial charge in [0.15, 0.2) is 0 Å². The zero-order valence-electron chi connectivity index (χ0n) is 10.2. The Morgan fingerprint density at radius 1 is 1.18 bits per heavy atom. The second-order valence-corrected chi connectivity index (χ2v) is 4.86. The maximum Gasteiger partial charge on any atom is 0.136 e. The molecule has 0 aromatic heterocycles. The standard InChI is InChI=1S/C15H20O2/c16-10-9-12-5-1-2-6-13(12)11-14-7-3-4-8-15(14)17/h1-2,5-6,14,16H,3-4,7-11H2. The molecule has 1 aliphatic carbocycles. The van der Waals surface area contributed by atoms with Crippen LogP contribution in [0, 0.1) is 5.92 Å². The first-order valence-electron chi connectivity index (χ1n) is 6.51. The predicted octanol–water partition coefficient (Wildman–Crippen LogP) is 2.52. The van der Waals surface area contributed by atoms with Gasteiger partial charge in [0.2, 0.25) is 0 Å². The van der Waals surface area contributed by atoms with Crippen LogP contribution in [-0.4, -0.2) is 17.5 Å². The predicted molar refractivity (Wildman–Crippen MR) is 67.9 cm³/mol. The first-order chi connectivity index (χ1) is 8.31. The van der Waals surface area contributed by atoms with Crippen LogP contribution in [0.5, 0.6) is 0 Å². The quantitative estimate of drug-likeness (QED) is 0.866. The third kappa shape index (κ3) is 3.16. The van der Waals surface area contributed by atoms with Crippen molar-refractivity contribution in [1.29, 1.82) is 0 Å². The van der Waals surface area contributed by atoms with E-state index in [-0.39, 0.29) is 12.5 Å². The van der Waals surface area contributed by atoms with Crippen LogP contribution in [0.25, 0.3) is 0 Å². The Bertz CT molecular complexity index is 384. The van der Waals surface area contributed by atoms with Crippen LogP contribution in [0.4, 0.5) is 0 Å². The SMILES string of the molecule is O=C1CCCCC1Cc1ccccc1CCO. The summed E-state index contributed by atoms with van der Waals surface area (Å²) in [5, 5.41) is 9.04. The van der Waals surface area contributed by atoms with Crippen molar-refractivity contribution in [2.75, 3.05) is 6.61 Å². The van der Waals surface area contributed by atoms with Gasteiger partial charge in [0.25, 0.3) is 0 Å². The number of aliphatic hydroxyl groups is 1. The van der Waals surface area contributed by atoms with Gasteiger partial charge in [-0.2, -0.15) is 0 Å². The lowest BCUT2D eigenvalue weighted by Crippen LogP contribution is -2.21. The molecule has 1 atom stereocenters. The van der Waals surface area contributed by atoms with Crippen LogP contribution < -0.4 is 0 Å². The molecule has 1 aliphatic rings. The Balaban J connectivity index is 2.09. The lowest BCUT2D eigenvalue weighted by molar-refractivity contribution is -0.124. The van der Waals surface area contributed by atoms with E-state index < -0.39 is 0 Å². The number of rotatable bonds is 4. The minimum absolute atomic E-state index is 0.176. The second-order valence-electron chi connectivity index (χ2n) is 4.86. The summed E-state index contributed by atoms with van der Waals surface area (Å²) in [5.74, 6) is 0.638. The van der Waals surface area contributed by atoms with Gasteiger partial charge in [-0.15, -0.1) is 0 Å². The van der Waals surface area contributed by atoms with E-state index in [1.54, 1.807) is 0 Å². The Kier molecular flexibility index (Phi) is 4.32. The zero-order chi connectivity index (χ0) is 12.1. The van der Waals surface area contributed by atoms with Crippen LogP contribution in [0.1, 0.15) is 36.8 Å². The largest absolute Gasteiger partial charge is 0.396 e. The van der Waals surface area contributed by atoms with Crippen molar-refractivity contribution in [3.8, 4) is 0 Å². The van der Waals surface area contributed by atoms with Crippen molar-refractivity contribution in [3.63, 3.8) is 0 Å². The monoisotopic (exact) mass is 232 g/mol. The Labute approximate surface area is 103 Å². The van der Waals surface area contributed by atoms with E-state index in [1.807, 2.05) is 12.1 Å². The maximum atomic E-state index is 11.8. The van der Waals surface area contributed by atoms with Gasteiger partial charge in [0, 0.05) is 18.9 Å². The van der Waals surface area contributed by atoms with Crippen molar-refractivity contribution in [2.45, 2.75) is 38.5 Å². The molecule has 2 heteroatoms. The highest BCUT2D eigenvalue weighted by Gasteiger charge is 2.22. The van der Waals surface area contributed by atoms with Gasteiger partial charge in [-0.05, 0) is 36.8 Å². The molecule has 1 saturated carbocycles. The first kappa shape index (κ1) is 12.3. The van der Waals surface area contributed by atoms with E-state index in [2.05, 4.69) is 12.1 Å². The highest BCUT2D eigenvalue weighted by Crippen LogP contribution is 2.25. The molecule has 0 radical (unpaired) electrons. The average molecular weight is 232 g/mol. The fraction of sp³-hybridized carbons (Fsp3) is 0.533. The molecule has 1 unspecified atom stereocenters. The van der Waals surface area contributed by atoms with Crippen LogP contribution >= 0.6 is 0 Å². The highest BCUT2D eigenvalue weighted by molar-refractivity contribution is 5.81. The molecule has 1 N–H and O–H groups in total. The normalized spacial score (nSPS) is 20.5. The molecule has 1 fully saturated rings. The van der Waals surface area contributed by atoms with Crippen molar-refractivity contribution in [1.82, 2.24) is 0 Å². The fourth-order valence-corrected chi connectivity index (χ4v) is 2.66. The van der Waals surface area contributed by atoms with Crippen molar-refractivity contribution >= 4 is 5.78 Å². The summed E-state index contributed by atoms with van der Waals surface area (Å²) in [4.78, 5) is 11.8. The highest BCUT2D eigenvalue weighted by atomic mass is 16.2. The van der Waals surface area contributed by atoms with E-state index in [0.717, 1.165) is 25.7 Å². The fourth-order valence-electron chi connectivity index (χ4n) is 2.66. The number of aliphatic hydroxyl groups excluding tert-OH is 1. The smallest absolute Gasteiger partial charge is 0.136 e. The van der Waals surface area contributed by atoms with E-state index >= 15 is 0 Å². The third-order valence-corrected chi connectivity index (χ3v) is 3.65. The Morgan fingerprint density at radius 2 is 1.94 bits per heavy atom. The molecule has 17 heavy (non-hydrogen) atoms. The molecule has 0 amide bonds. The summed E-state index contributed by atoms with van der Waals surface area (Å²) in [6, 6.07) is 8.16. The molecule has 2 nitrogen and oxygen atoms in total. The molecule has 0 aliphatic heterocycles. The number of carbonyl (C=O) groups is 1. The summed E-state index contributed by atoms with van der Waals surface area (Å²) in [7, 11) is 0. The van der Waals surface area contributed by atoms with E-state index in [0.29, 0.717) is 12.2 Å². The number of hydrogen-bond acceptors (Lipinski definition) is 2. The second kappa shape index (κ2) is 5.97. The van der Waals surface area contributed by atoms with Crippen molar-refractivity contribution in [2.24, 2.45) is 5.92 Å². The van der Waals surface area contributed by atoms with Gasteiger partial charge in [0.1, 0.15) is 5.78 Å². The first-order valence-corrected chi connectivity index (χ1v) is 6.51. The minimum atomic E-state index is 0.176. The van der Waals surface area contributed by atoms with Gasteiger partial charge in [0.05, 0.1) is 0 Å². The number of ketones is 1. The molecule has 2 rings (SSSR count). The van der Waals surface area contributed by atoms with Gasteiger partial charge in [-0.1, -0.05) is 30.7 Å². The summed E-state index contributed by atoms with van der Waals surface area (Å²) in [6.07, 6.45) is 5.58. The molecule has 92 valence electrons. The molecule has 0 spiro atoms. The van der Waals surface area contributed by atoms with Crippen LogP contribution in [0.2, 0.25) is 0 Å². The molecular weight excluding hydrogens is 212 g/mol. The molecule has 1 aromatic carbocycles. The number of carbonyl (C=O) groups excluding carboxylic acids is 1. The topological polar surface area (TPSA) is 37.3 Å². The zero-order valence-corrected chi connectivity index (χ0v) is 10.2. The van der Waals surface area contributed by atoms with E-state index in [1.165, 1.54) is 17.5 Å². The molecule has 0 heterocycles. The van der Waals surface area contributed by atoms with Crippen LogP contribution in [-0.2, 0) is 17.6 Å². The van der Waals surface area contributed by atoms with Crippen LogP contribution in [0.15, 0.2) is 24.3 Å². The van der Waals surface area contributed by atoms with Gasteiger partial charge in [-0.25, -0.2) is 0 Å². The number of benzene rings is 1. The lowest BCUT2D eigenvalue weighted by atomic mass is 9.82. The van der Waals surface area contributed by atoms with Gasteiger partial charge in [-0.3, -0.25) is 4.79 Å². The summed E-state index contributed by atoms with van der Waals surface area (Å²) < 4.78 is 0. The average Bonchev–Trinajstić information content (AvgIpc) is 2.35. The summed E-state index contributed by atoms with van der Waals surface area (Å²) >= 11 is 0. The molecular formula is C15H20O2. The van der Waals surface area contributed by atoms with Crippen molar-refractivity contribution in [3.05, 3.63) is 35.4 Å². The minimum Gasteiger partial charge on any atom is -0.396 e. The summed E-state index contributed by atoms with van der Waals surface area (Å²) in [6.45, 7) is 0.176. The van der Waals surface area contributed by atoms with Gasteiger partial charge < -0.3 is 5.11 Å². The number of Topliss-reactive ketones (excluding diaryl/α,β-unsaturated/α-hetero) is 1. The maximum absolute atomic E-state index is 11.8. The number of hydrogen-bond donors (Lipinski definition) is 1. The lowest BCUT2D eigenvalue weighted by Gasteiger charge is -2.21. The molecule has 1 aromatic rings. The molecule has 0 bridgehead atoms. The van der Waals surface area contributed by atoms with E-state index in [4.69, 9.17) is 5.11 Å². The third-order valence-electron chi connectivity index (χ3n) is 3.65. The van der Waals surface area contributed by atoms with Gasteiger partial charge >= 0.3 is 0 Å². The Hall–Kier alpha value is -1.15. The Morgan fingerprint density at radius 3 is 2.65 bits per heavy atom.